The van der Waals surface area contributed by atoms with Crippen molar-refractivity contribution in [3.8, 4) is 0 Å². The standard InChI is InChI=1S/C12H20O3/c1-8(13)6-7-12(3)10(9(2)14)4-5-11(12)15/h10-11,15H,4-7H2,1-3H3/t10-,11-,12+/m1/s1. The van der Waals surface area contributed by atoms with E-state index in [1.165, 1.54) is 0 Å². The van der Waals surface area contributed by atoms with E-state index in [0.717, 1.165) is 6.42 Å². The smallest absolute Gasteiger partial charge is 0.133 e. The van der Waals surface area contributed by atoms with Crippen LogP contribution in [0.2, 0.25) is 0 Å². The molecule has 86 valence electrons. The van der Waals surface area contributed by atoms with Crippen molar-refractivity contribution in [3.63, 3.8) is 0 Å². The molecule has 3 nitrogen and oxygen atoms in total. The Morgan fingerprint density at radius 2 is 1.93 bits per heavy atom. The summed E-state index contributed by atoms with van der Waals surface area (Å²) in [4.78, 5) is 22.4. The Balaban J connectivity index is 2.75. The number of carbonyl (C=O) groups is 2. The molecule has 0 aromatic rings. The Labute approximate surface area is 90.9 Å². The first-order valence-electron chi connectivity index (χ1n) is 5.56. The van der Waals surface area contributed by atoms with Crippen LogP contribution < -0.4 is 0 Å². The van der Waals surface area contributed by atoms with Crippen molar-refractivity contribution in [1.82, 2.24) is 0 Å². The van der Waals surface area contributed by atoms with Gasteiger partial charge in [0.1, 0.15) is 11.6 Å². The fourth-order valence-corrected chi connectivity index (χ4v) is 2.67. The lowest BCUT2D eigenvalue weighted by Gasteiger charge is -2.33. The van der Waals surface area contributed by atoms with Crippen molar-refractivity contribution >= 4 is 11.6 Å². The Morgan fingerprint density at radius 3 is 2.40 bits per heavy atom. The summed E-state index contributed by atoms with van der Waals surface area (Å²) in [5, 5.41) is 9.92. The highest BCUT2D eigenvalue weighted by atomic mass is 16.3. The van der Waals surface area contributed by atoms with Gasteiger partial charge in [0.2, 0.25) is 0 Å². The molecule has 0 unspecified atom stereocenters. The highest BCUT2D eigenvalue weighted by molar-refractivity contribution is 5.80. The van der Waals surface area contributed by atoms with Gasteiger partial charge in [-0.1, -0.05) is 6.92 Å². The SMILES string of the molecule is CC(=O)CC[C@]1(C)[C@H](O)CC[C@@H]1C(C)=O. The molecule has 0 saturated heterocycles. The average molecular weight is 212 g/mol. The van der Waals surface area contributed by atoms with Crippen molar-refractivity contribution in [2.45, 2.75) is 52.6 Å². The maximum absolute atomic E-state index is 11.5. The van der Waals surface area contributed by atoms with Crippen LogP contribution in [0, 0.1) is 11.3 Å². The van der Waals surface area contributed by atoms with E-state index >= 15 is 0 Å². The molecule has 3 atom stereocenters. The minimum Gasteiger partial charge on any atom is -0.393 e. The molecule has 0 heterocycles. The normalized spacial score (nSPS) is 35.5. The summed E-state index contributed by atoms with van der Waals surface area (Å²) in [5.74, 6) is 0.182. The molecule has 0 aromatic carbocycles. The first-order chi connectivity index (χ1) is 6.88. The van der Waals surface area contributed by atoms with Gasteiger partial charge in [0.15, 0.2) is 0 Å². The molecular formula is C12H20O3. The quantitative estimate of drug-likeness (QED) is 0.772. The lowest BCUT2D eigenvalue weighted by Crippen LogP contribution is -2.36. The summed E-state index contributed by atoms with van der Waals surface area (Å²) >= 11 is 0. The number of carbonyl (C=O) groups excluding carboxylic acids is 2. The third kappa shape index (κ3) is 2.46. The van der Waals surface area contributed by atoms with Crippen molar-refractivity contribution in [2.75, 3.05) is 0 Å². The monoisotopic (exact) mass is 212 g/mol. The van der Waals surface area contributed by atoms with Crippen molar-refractivity contribution < 1.29 is 14.7 Å². The predicted molar refractivity (Wildman–Crippen MR) is 57.4 cm³/mol. The summed E-state index contributed by atoms with van der Waals surface area (Å²) in [6.45, 7) is 5.06. The van der Waals surface area contributed by atoms with Gasteiger partial charge in [-0.15, -0.1) is 0 Å². The molecule has 1 rings (SSSR count). The summed E-state index contributed by atoms with van der Waals surface area (Å²) < 4.78 is 0. The van der Waals surface area contributed by atoms with E-state index in [2.05, 4.69) is 0 Å². The van der Waals surface area contributed by atoms with E-state index in [-0.39, 0.29) is 17.5 Å². The molecular weight excluding hydrogens is 192 g/mol. The predicted octanol–water partition coefficient (Wildman–Crippen LogP) is 1.72. The van der Waals surface area contributed by atoms with Crippen LogP contribution in [0.4, 0.5) is 0 Å². The molecule has 3 heteroatoms. The van der Waals surface area contributed by atoms with E-state index in [0.29, 0.717) is 19.3 Å². The summed E-state index contributed by atoms with van der Waals surface area (Å²) in [6, 6.07) is 0. The second kappa shape index (κ2) is 4.44. The fourth-order valence-electron chi connectivity index (χ4n) is 2.67. The fraction of sp³-hybridized carbons (Fsp3) is 0.833. The molecule has 0 bridgehead atoms. The van der Waals surface area contributed by atoms with Crippen molar-refractivity contribution in [3.05, 3.63) is 0 Å². The molecule has 0 aromatic heterocycles. The topological polar surface area (TPSA) is 54.4 Å². The van der Waals surface area contributed by atoms with E-state index in [1.54, 1.807) is 13.8 Å². The number of hydrogen-bond acceptors (Lipinski definition) is 3. The zero-order valence-electron chi connectivity index (χ0n) is 9.75. The number of hydrogen-bond donors (Lipinski definition) is 1. The van der Waals surface area contributed by atoms with Gasteiger partial charge in [-0.3, -0.25) is 4.79 Å². The molecule has 1 N–H and O–H groups in total. The minimum absolute atomic E-state index is 0.0770. The number of rotatable bonds is 4. The van der Waals surface area contributed by atoms with Crippen LogP contribution in [0.5, 0.6) is 0 Å². The number of Topliss-reactive ketones (excluding diaryl/α,β-unsaturated/α-hetero) is 2. The molecule has 15 heavy (non-hydrogen) atoms. The van der Waals surface area contributed by atoms with E-state index in [1.807, 2.05) is 6.92 Å². The minimum atomic E-state index is -0.439. The zero-order valence-corrected chi connectivity index (χ0v) is 9.75. The highest BCUT2D eigenvalue weighted by Crippen LogP contribution is 2.47. The van der Waals surface area contributed by atoms with E-state index in [4.69, 9.17) is 0 Å². The average Bonchev–Trinajstić information content (AvgIpc) is 2.41. The molecule has 1 fully saturated rings. The first-order valence-corrected chi connectivity index (χ1v) is 5.56. The van der Waals surface area contributed by atoms with Crippen LogP contribution in [0.15, 0.2) is 0 Å². The van der Waals surface area contributed by atoms with Gasteiger partial charge in [-0.05, 0) is 33.1 Å². The Hall–Kier alpha value is -0.700. The molecule has 0 radical (unpaired) electrons. The molecule has 1 saturated carbocycles. The van der Waals surface area contributed by atoms with Crippen LogP contribution in [0.25, 0.3) is 0 Å². The van der Waals surface area contributed by atoms with E-state index < -0.39 is 11.5 Å². The maximum atomic E-state index is 11.5. The van der Waals surface area contributed by atoms with Gasteiger partial charge in [0.05, 0.1) is 6.10 Å². The van der Waals surface area contributed by atoms with Crippen LogP contribution in [-0.2, 0) is 9.59 Å². The van der Waals surface area contributed by atoms with Gasteiger partial charge in [0, 0.05) is 17.8 Å². The second-order valence-corrected chi connectivity index (χ2v) is 4.96. The van der Waals surface area contributed by atoms with Crippen LogP contribution in [0.3, 0.4) is 0 Å². The van der Waals surface area contributed by atoms with Gasteiger partial charge in [-0.2, -0.15) is 0 Å². The third-order valence-electron chi connectivity index (χ3n) is 3.79. The van der Waals surface area contributed by atoms with Crippen LogP contribution in [-0.4, -0.2) is 22.8 Å². The first kappa shape index (κ1) is 12.4. The Kier molecular flexibility index (Phi) is 3.66. The molecule has 0 aliphatic heterocycles. The Morgan fingerprint density at radius 1 is 1.33 bits per heavy atom. The summed E-state index contributed by atoms with van der Waals surface area (Å²) in [5.41, 5.74) is -0.391. The number of aliphatic hydroxyl groups is 1. The van der Waals surface area contributed by atoms with Crippen LogP contribution >= 0.6 is 0 Å². The number of ketones is 2. The summed E-state index contributed by atoms with van der Waals surface area (Å²) in [7, 11) is 0. The lowest BCUT2D eigenvalue weighted by molar-refractivity contribution is -0.127. The van der Waals surface area contributed by atoms with E-state index in [9.17, 15) is 14.7 Å². The Bertz CT molecular complexity index is 272. The molecule has 1 aliphatic rings. The largest absolute Gasteiger partial charge is 0.393 e. The zero-order chi connectivity index (χ0) is 11.6. The highest BCUT2D eigenvalue weighted by Gasteiger charge is 2.47. The van der Waals surface area contributed by atoms with Gasteiger partial charge >= 0.3 is 0 Å². The van der Waals surface area contributed by atoms with Gasteiger partial charge in [-0.25, -0.2) is 0 Å². The third-order valence-corrected chi connectivity index (χ3v) is 3.79. The molecule has 1 aliphatic carbocycles. The second-order valence-electron chi connectivity index (χ2n) is 4.96. The van der Waals surface area contributed by atoms with Gasteiger partial charge < -0.3 is 9.90 Å². The molecule has 0 spiro atoms. The summed E-state index contributed by atoms with van der Waals surface area (Å²) in [6.07, 6.45) is 2.07. The van der Waals surface area contributed by atoms with Gasteiger partial charge in [0.25, 0.3) is 0 Å². The van der Waals surface area contributed by atoms with Crippen molar-refractivity contribution in [1.29, 1.82) is 0 Å². The number of aliphatic hydroxyl groups excluding tert-OH is 1. The lowest BCUT2D eigenvalue weighted by atomic mass is 9.73. The molecule has 0 amide bonds. The maximum Gasteiger partial charge on any atom is 0.133 e. The van der Waals surface area contributed by atoms with Crippen molar-refractivity contribution in [2.24, 2.45) is 11.3 Å². The van der Waals surface area contributed by atoms with Crippen LogP contribution in [0.1, 0.15) is 46.5 Å².